The number of anilines is 1. The Balaban J connectivity index is 2.63. The molecular formula is C13H11Cl2N5O. The summed E-state index contributed by atoms with van der Waals surface area (Å²) in [6.07, 6.45) is 5.16. The molecule has 2 N–H and O–H groups in total. The molecule has 6 nitrogen and oxygen atoms in total. The lowest BCUT2D eigenvalue weighted by Crippen LogP contribution is -2.37. The largest absolute Gasteiger partial charge is 0.357 e. The van der Waals surface area contributed by atoms with Gasteiger partial charge in [-0.25, -0.2) is 15.2 Å². The highest BCUT2D eigenvalue weighted by molar-refractivity contribution is 6.37. The second-order valence-electron chi connectivity index (χ2n) is 4.09. The Bertz CT molecular complexity index is 761. The molecule has 1 heterocycles. The molecule has 1 aromatic heterocycles. The highest BCUT2D eigenvalue weighted by Gasteiger charge is 2.16. The van der Waals surface area contributed by atoms with Crippen LogP contribution in [0.15, 0.2) is 23.0 Å². The summed E-state index contributed by atoms with van der Waals surface area (Å²) in [4.78, 5) is 20.2. The van der Waals surface area contributed by atoms with Gasteiger partial charge in [-0.2, -0.15) is 9.97 Å². The number of terminal acetylenes is 1. The van der Waals surface area contributed by atoms with Gasteiger partial charge in [0, 0.05) is 0 Å². The lowest BCUT2D eigenvalue weighted by molar-refractivity contribution is 0.771. The first-order valence-electron chi connectivity index (χ1n) is 5.83. The highest BCUT2D eigenvalue weighted by atomic mass is 35.5. The molecule has 2 rings (SSSR count). The minimum absolute atomic E-state index is 0.0369. The summed E-state index contributed by atoms with van der Waals surface area (Å²) in [5.74, 6) is 8.37. The summed E-state index contributed by atoms with van der Waals surface area (Å²) < 4.78 is 1.22. The third-order valence-electron chi connectivity index (χ3n) is 2.65. The lowest BCUT2D eigenvalue weighted by Gasteiger charge is -2.16. The van der Waals surface area contributed by atoms with Crippen LogP contribution in [0.4, 0.5) is 5.95 Å². The Morgan fingerprint density at radius 2 is 2.00 bits per heavy atom. The Kier molecular flexibility index (Phi) is 4.48. The average Bonchev–Trinajstić information content (AvgIpc) is 2.41. The van der Waals surface area contributed by atoms with E-state index in [1.165, 1.54) is 4.57 Å². The van der Waals surface area contributed by atoms with Gasteiger partial charge in [-0.05, 0) is 19.1 Å². The number of para-hydroxylation sites is 1. The molecule has 0 saturated carbocycles. The summed E-state index contributed by atoms with van der Waals surface area (Å²) >= 11 is 12.2. The van der Waals surface area contributed by atoms with Crippen molar-refractivity contribution in [3.05, 3.63) is 44.6 Å². The molecule has 21 heavy (non-hydrogen) atoms. The van der Waals surface area contributed by atoms with Crippen LogP contribution in [-0.4, -0.2) is 21.1 Å². The summed E-state index contributed by atoms with van der Waals surface area (Å²) in [5, 5.41) is 1.74. The standard InChI is InChI=1S/C13H11Cl2N5O/c1-3-7-19(16)12-17-8(2)20(13(21)18-12)11-9(14)5-4-6-10(11)15/h1,4-6H,7,16H2,2H3. The maximum absolute atomic E-state index is 12.2. The zero-order chi connectivity index (χ0) is 15.6. The van der Waals surface area contributed by atoms with Crippen LogP contribution in [0.1, 0.15) is 5.82 Å². The van der Waals surface area contributed by atoms with Crippen LogP contribution in [0.2, 0.25) is 10.0 Å². The second-order valence-corrected chi connectivity index (χ2v) is 4.91. The van der Waals surface area contributed by atoms with Crippen molar-refractivity contribution in [1.82, 2.24) is 14.5 Å². The molecule has 0 aliphatic heterocycles. The van der Waals surface area contributed by atoms with Crippen LogP contribution in [0, 0.1) is 19.3 Å². The van der Waals surface area contributed by atoms with Gasteiger partial charge < -0.3 is 0 Å². The van der Waals surface area contributed by atoms with Crippen LogP contribution in [0.3, 0.4) is 0 Å². The molecule has 0 amide bonds. The van der Waals surface area contributed by atoms with Crippen molar-refractivity contribution >= 4 is 29.2 Å². The van der Waals surface area contributed by atoms with E-state index in [4.69, 9.17) is 35.5 Å². The molecule has 2 aromatic rings. The predicted octanol–water partition coefficient (Wildman–Crippen LogP) is 1.56. The third kappa shape index (κ3) is 3.00. The summed E-state index contributed by atoms with van der Waals surface area (Å²) in [6.45, 7) is 1.70. The Hall–Kier alpha value is -2.07. The number of hydrazine groups is 1. The topological polar surface area (TPSA) is 77.0 Å². The van der Waals surface area contributed by atoms with Crippen molar-refractivity contribution in [3.63, 3.8) is 0 Å². The molecule has 0 unspecified atom stereocenters. The number of nitrogens with two attached hydrogens (primary N) is 1. The quantitative estimate of drug-likeness (QED) is 0.527. The SMILES string of the molecule is C#CCN(N)c1nc(C)n(-c2c(Cl)cccc2Cl)c(=O)n1. The van der Waals surface area contributed by atoms with Crippen molar-refractivity contribution in [2.24, 2.45) is 5.84 Å². The van der Waals surface area contributed by atoms with Gasteiger partial charge in [-0.3, -0.25) is 5.01 Å². The number of nitrogens with zero attached hydrogens (tertiary/aromatic N) is 4. The minimum atomic E-state index is -0.597. The van der Waals surface area contributed by atoms with E-state index >= 15 is 0 Å². The van der Waals surface area contributed by atoms with Crippen LogP contribution in [0.25, 0.3) is 5.69 Å². The number of hydrogen-bond acceptors (Lipinski definition) is 5. The summed E-state index contributed by atoms with van der Waals surface area (Å²) in [6, 6.07) is 4.92. The number of benzene rings is 1. The zero-order valence-corrected chi connectivity index (χ0v) is 12.6. The van der Waals surface area contributed by atoms with E-state index in [-0.39, 0.29) is 12.5 Å². The molecule has 0 spiro atoms. The first kappa shape index (κ1) is 15.3. The monoisotopic (exact) mass is 323 g/mol. The van der Waals surface area contributed by atoms with E-state index in [1.807, 2.05) is 0 Å². The Morgan fingerprint density at radius 3 is 2.52 bits per heavy atom. The Labute approximate surface area is 131 Å². The number of aromatic nitrogens is 3. The van der Waals surface area contributed by atoms with E-state index in [2.05, 4.69) is 15.9 Å². The number of halogens is 2. The lowest BCUT2D eigenvalue weighted by atomic mass is 10.3. The molecule has 1 aromatic carbocycles. The van der Waals surface area contributed by atoms with Gasteiger partial charge in [0.25, 0.3) is 0 Å². The molecule has 0 aliphatic rings. The van der Waals surface area contributed by atoms with E-state index in [1.54, 1.807) is 25.1 Å². The molecule has 108 valence electrons. The van der Waals surface area contributed by atoms with Crippen molar-refractivity contribution in [3.8, 4) is 18.0 Å². The van der Waals surface area contributed by atoms with Gasteiger partial charge in [0.05, 0.1) is 22.3 Å². The second kappa shape index (κ2) is 6.14. The third-order valence-corrected chi connectivity index (χ3v) is 3.26. The predicted molar refractivity (Wildman–Crippen MR) is 82.8 cm³/mol. The van der Waals surface area contributed by atoms with Crippen LogP contribution in [-0.2, 0) is 0 Å². The molecule has 0 atom stereocenters. The van der Waals surface area contributed by atoms with Gasteiger partial charge in [0.2, 0.25) is 5.95 Å². The van der Waals surface area contributed by atoms with Crippen LogP contribution >= 0.6 is 23.2 Å². The van der Waals surface area contributed by atoms with Gasteiger partial charge in [-0.1, -0.05) is 35.2 Å². The van der Waals surface area contributed by atoms with Crippen molar-refractivity contribution in [1.29, 1.82) is 0 Å². The van der Waals surface area contributed by atoms with Gasteiger partial charge in [-0.15, -0.1) is 6.42 Å². The molecule has 0 fully saturated rings. The minimum Gasteiger partial charge on any atom is -0.266 e. The van der Waals surface area contributed by atoms with Gasteiger partial charge in [0.1, 0.15) is 5.82 Å². The van der Waals surface area contributed by atoms with E-state index in [0.717, 1.165) is 5.01 Å². The average molecular weight is 324 g/mol. The van der Waals surface area contributed by atoms with Crippen LogP contribution in [0.5, 0.6) is 0 Å². The Morgan fingerprint density at radius 1 is 1.38 bits per heavy atom. The number of hydrogen-bond donors (Lipinski definition) is 1. The van der Waals surface area contributed by atoms with E-state index in [9.17, 15) is 4.79 Å². The normalized spacial score (nSPS) is 10.2. The fourth-order valence-corrected chi connectivity index (χ4v) is 2.32. The van der Waals surface area contributed by atoms with Crippen LogP contribution < -0.4 is 16.5 Å². The zero-order valence-electron chi connectivity index (χ0n) is 11.0. The first-order valence-corrected chi connectivity index (χ1v) is 6.59. The number of rotatable bonds is 3. The van der Waals surface area contributed by atoms with Crippen molar-refractivity contribution in [2.75, 3.05) is 11.6 Å². The van der Waals surface area contributed by atoms with Crippen molar-refractivity contribution in [2.45, 2.75) is 6.92 Å². The molecular weight excluding hydrogens is 313 g/mol. The van der Waals surface area contributed by atoms with Gasteiger partial charge >= 0.3 is 5.69 Å². The summed E-state index contributed by atoms with van der Waals surface area (Å²) in [7, 11) is 0. The first-order chi connectivity index (χ1) is 9.95. The fourth-order valence-electron chi connectivity index (χ4n) is 1.75. The molecule has 0 radical (unpaired) electrons. The highest BCUT2D eigenvalue weighted by Crippen LogP contribution is 2.27. The molecule has 0 bridgehead atoms. The summed E-state index contributed by atoms with van der Waals surface area (Å²) in [5.41, 5.74) is -0.268. The maximum Gasteiger partial charge on any atom is 0.357 e. The molecule has 0 aliphatic carbocycles. The van der Waals surface area contributed by atoms with Crippen molar-refractivity contribution < 1.29 is 0 Å². The fraction of sp³-hybridized carbons (Fsp3) is 0.154. The number of aryl methyl sites for hydroxylation is 1. The smallest absolute Gasteiger partial charge is 0.266 e. The molecule has 0 saturated heterocycles. The molecule has 8 heteroatoms. The van der Waals surface area contributed by atoms with E-state index < -0.39 is 5.69 Å². The van der Waals surface area contributed by atoms with Gasteiger partial charge in [0.15, 0.2) is 0 Å². The maximum atomic E-state index is 12.2. The van der Waals surface area contributed by atoms with E-state index in [0.29, 0.717) is 21.6 Å².